The Morgan fingerprint density at radius 1 is 1.44 bits per heavy atom. The minimum Gasteiger partial charge on any atom is -0.484 e. The van der Waals surface area contributed by atoms with E-state index >= 15 is 0 Å². The molecule has 0 saturated carbocycles. The molecular formula is C13H16N2O3. The molecule has 1 aromatic carbocycles. The molecule has 18 heavy (non-hydrogen) atoms. The van der Waals surface area contributed by atoms with Crippen LogP contribution in [0.15, 0.2) is 24.3 Å². The molecule has 0 spiro atoms. The zero-order valence-electron chi connectivity index (χ0n) is 10.5. The largest absolute Gasteiger partial charge is 0.484 e. The number of ether oxygens (including phenoxy) is 2. The van der Waals surface area contributed by atoms with Crippen LogP contribution < -0.4 is 10.1 Å². The molecule has 0 aliphatic heterocycles. The number of nitrogens with one attached hydrogen (secondary N) is 1. The van der Waals surface area contributed by atoms with Gasteiger partial charge in [-0.25, -0.2) is 0 Å². The highest BCUT2D eigenvalue weighted by Gasteiger charge is 2.07. The molecule has 5 heteroatoms. The lowest BCUT2D eigenvalue weighted by Crippen LogP contribution is -2.38. The van der Waals surface area contributed by atoms with Crippen LogP contribution in [0.4, 0.5) is 0 Å². The van der Waals surface area contributed by atoms with E-state index in [0.717, 1.165) is 0 Å². The Labute approximate surface area is 106 Å². The molecule has 0 fully saturated rings. The van der Waals surface area contributed by atoms with E-state index in [2.05, 4.69) is 5.32 Å². The molecule has 0 aromatic heterocycles. The van der Waals surface area contributed by atoms with E-state index < -0.39 is 0 Å². The molecule has 96 valence electrons. The summed E-state index contributed by atoms with van der Waals surface area (Å²) < 4.78 is 10.2. The summed E-state index contributed by atoms with van der Waals surface area (Å²) in [5.74, 6) is 0.354. The van der Waals surface area contributed by atoms with E-state index in [4.69, 9.17) is 14.7 Å². The van der Waals surface area contributed by atoms with Crippen molar-refractivity contribution in [1.29, 1.82) is 5.26 Å². The van der Waals surface area contributed by atoms with Gasteiger partial charge in [0.05, 0.1) is 18.2 Å². The van der Waals surface area contributed by atoms with Crippen molar-refractivity contribution in [3.8, 4) is 11.8 Å². The van der Waals surface area contributed by atoms with E-state index in [0.29, 0.717) is 17.9 Å². The zero-order chi connectivity index (χ0) is 13.4. The Hall–Kier alpha value is -2.06. The maximum atomic E-state index is 11.5. The molecule has 0 bridgehead atoms. The molecule has 0 aliphatic carbocycles. The van der Waals surface area contributed by atoms with Crippen molar-refractivity contribution < 1.29 is 14.3 Å². The Bertz CT molecular complexity index is 423. The van der Waals surface area contributed by atoms with Gasteiger partial charge in [0.15, 0.2) is 6.61 Å². The van der Waals surface area contributed by atoms with Crippen LogP contribution in [-0.4, -0.2) is 32.3 Å². The average Bonchev–Trinajstić information content (AvgIpc) is 2.37. The maximum absolute atomic E-state index is 11.5. The molecule has 1 amide bonds. The monoisotopic (exact) mass is 248 g/mol. The molecule has 0 aliphatic rings. The molecule has 1 N–H and O–H groups in total. The number of nitrogens with zero attached hydrogens (tertiary/aromatic N) is 1. The summed E-state index contributed by atoms with van der Waals surface area (Å²) in [6.45, 7) is 2.26. The van der Waals surface area contributed by atoms with Gasteiger partial charge in [-0.2, -0.15) is 5.26 Å². The van der Waals surface area contributed by atoms with Gasteiger partial charge in [0, 0.05) is 13.2 Å². The third-order valence-corrected chi connectivity index (χ3v) is 2.18. The first kappa shape index (κ1) is 14.0. The number of nitriles is 1. The topological polar surface area (TPSA) is 71.3 Å². The van der Waals surface area contributed by atoms with Crippen molar-refractivity contribution in [1.82, 2.24) is 5.32 Å². The lowest BCUT2D eigenvalue weighted by Gasteiger charge is -2.13. The Kier molecular flexibility index (Phi) is 5.68. The molecule has 0 heterocycles. The lowest BCUT2D eigenvalue weighted by atomic mass is 10.2. The van der Waals surface area contributed by atoms with Gasteiger partial charge < -0.3 is 14.8 Å². The third-order valence-electron chi connectivity index (χ3n) is 2.18. The summed E-state index contributed by atoms with van der Waals surface area (Å²) in [6, 6.07) is 8.56. The molecule has 1 rings (SSSR count). The van der Waals surface area contributed by atoms with E-state index in [1.807, 2.05) is 13.0 Å². The first-order chi connectivity index (χ1) is 8.65. The number of benzene rings is 1. The van der Waals surface area contributed by atoms with Gasteiger partial charge in [0.25, 0.3) is 5.91 Å². The molecular weight excluding hydrogens is 232 g/mol. The number of methoxy groups -OCH3 is 1. The Balaban J connectivity index is 2.35. The quantitative estimate of drug-likeness (QED) is 0.818. The number of amides is 1. The van der Waals surface area contributed by atoms with Crippen molar-refractivity contribution in [3.05, 3.63) is 29.8 Å². The zero-order valence-corrected chi connectivity index (χ0v) is 10.5. The number of hydrogen-bond donors (Lipinski definition) is 1. The second-order valence-electron chi connectivity index (χ2n) is 3.85. The van der Waals surface area contributed by atoms with Crippen LogP contribution in [-0.2, 0) is 9.53 Å². The van der Waals surface area contributed by atoms with Gasteiger partial charge in [-0.1, -0.05) is 0 Å². The van der Waals surface area contributed by atoms with E-state index in [1.165, 1.54) is 0 Å². The third kappa shape index (κ3) is 4.85. The van der Waals surface area contributed by atoms with Crippen LogP contribution in [0, 0.1) is 11.3 Å². The molecule has 0 unspecified atom stereocenters. The number of carbonyl (C=O) groups is 1. The van der Waals surface area contributed by atoms with Gasteiger partial charge in [0.1, 0.15) is 5.75 Å². The van der Waals surface area contributed by atoms with Crippen molar-refractivity contribution in [3.63, 3.8) is 0 Å². The van der Waals surface area contributed by atoms with E-state index in [-0.39, 0.29) is 18.6 Å². The smallest absolute Gasteiger partial charge is 0.258 e. The maximum Gasteiger partial charge on any atom is 0.258 e. The fraction of sp³-hybridized carbons (Fsp3) is 0.385. The van der Waals surface area contributed by atoms with Gasteiger partial charge in [0.2, 0.25) is 0 Å². The summed E-state index contributed by atoms with van der Waals surface area (Å²) >= 11 is 0. The van der Waals surface area contributed by atoms with E-state index in [1.54, 1.807) is 31.4 Å². The van der Waals surface area contributed by atoms with Gasteiger partial charge in [-0.05, 0) is 31.2 Å². The van der Waals surface area contributed by atoms with Crippen molar-refractivity contribution in [2.75, 3.05) is 20.3 Å². The van der Waals surface area contributed by atoms with Crippen LogP contribution in [0.2, 0.25) is 0 Å². The lowest BCUT2D eigenvalue weighted by molar-refractivity contribution is -0.124. The minimum absolute atomic E-state index is 0.0490. The second-order valence-corrected chi connectivity index (χ2v) is 3.85. The van der Waals surface area contributed by atoms with Crippen LogP contribution in [0.1, 0.15) is 12.5 Å². The summed E-state index contributed by atoms with van der Waals surface area (Å²) in [5.41, 5.74) is 0.556. The minimum atomic E-state index is -0.205. The molecule has 5 nitrogen and oxygen atoms in total. The average molecular weight is 248 g/mol. The Morgan fingerprint density at radius 2 is 2.11 bits per heavy atom. The molecule has 0 saturated heterocycles. The number of carbonyl (C=O) groups excluding carboxylic acids is 1. The predicted octanol–water partition coefficient (Wildman–Crippen LogP) is 1.09. The van der Waals surface area contributed by atoms with Crippen LogP contribution in [0.3, 0.4) is 0 Å². The van der Waals surface area contributed by atoms with Crippen LogP contribution in [0.5, 0.6) is 5.75 Å². The first-order valence-corrected chi connectivity index (χ1v) is 5.57. The highest BCUT2D eigenvalue weighted by molar-refractivity contribution is 5.77. The predicted molar refractivity (Wildman–Crippen MR) is 66.1 cm³/mol. The van der Waals surface area contributed by atoms with Crippen LogP contribution in [0.25, 0.3) is 0 Å². The SMILES string of the molecule is COC[C@H](C)NC(=O)COc1ccc(C#N)cc1. The summed E-state index contributed by atoms with van der Waals surface area (Å²) in [7, 11) is 1.58. The van der Waals surface area contributed by atoms with E-state index in [9.17, 15) is 4.79 Å². The summed E-state index contributed by atoms with van der Waals surface area (Å²) in [4.78, 5) is 11.5. The summed E-state index contributed by atoms with van der Waals surface area (Å²) in [5, 5.41) is 11.4. The molecule has 1 aromatic rings. The number of rotatable bonds is 6. The second kappa shape index (κ2) is 7.30. The van der Waals surface area contributed by atoms with Crippen molar-refractivity contribution in [2.24, 2.45) is 0 Å². The van der Waals surface area contributed by atoms with Crippen molar-refractivity contribution >= 4 is 5.91 Å². The van der Waals surface area contributed by atoms with Gasteiger partial charge in [-0.15, -0.1) is 0 Å². The standard InChI is InChI=1S/C13H16N2O3/c1-10(8-17-2)15-13(16)9-18-12-5-3-11(7-14)4-6-12/h3-6,10H,8-9H2,1-2H3,(H,15,16)/t10-/m0/s1. The normalized spacial score (nSPS) is 11.4. The van der Waals surface area contributed by atoms with Gasteiger partial charge in [-0.3, -0.25) is 4.79 Å². The van der Waals surface area contributed by atoms with Crippen LogP contribution >= 0.6 is 0 Å². The highest BCUT2D eigenvalue weighted by Crippen LogP contribution is 2.11. The number of hydrogen-bond acceptors (Lipinski definition) is 4. The summed E-state index contributed by atoms with van der Waals surface area (Å²) in [6.07, 6.45) is 0. The highest BCUT2D eigenvalue weighted by atomic mass is 16.5. The molecule has 0 radical (unpaired) electrons. The van der Waals surface area contributed by atoms with Crippen molar-refractivity contribution in [2.45, 2.75) is 13.0 Å². The van der Waals surface area contributed by atoms with Gasteiger partial charge >= 0.3 is 0 Å². The Morgan fingerprint density at radius 3 is 2.67 bits per heavy atom. The molecule has 1 atom stereocenters. The fourth-order valence-corrected chi connectivity index (χ4v) is 1.38. The fourth-order valence-electron chi connectivity index (χ4n) is 1.38. The first-order valence-electron chi connectivity index (χ1n) is 5.57.